The molecule has 0 spiro atoms. The lowest BCUT2D eigenvalue weighted by atomic mass is 10.1. The summed E-state index contributed by atoms with van der Waals surface area (Å²) in [5.74, 6) is 2.77. The van der Waals surface area contributed by atoms with E-state index in [4.69, 9.17) is 10.2 Å². The Bertz CT molecular complexity index is 321. The lowest BCUT2D eigenvalue weighted by Crippen LogP contribution is -2.31. The van der Waals surface area contributed by atoms with Crippen LogP contribution in [0.15, 0.2) is 16.5 Å². The molecule has 1 aliphatic heterocycles. The molecule has 0 saturated carbocycles. The summed E-state index contributed by atoms with van der Waals surface area (Å²) in [6.07, 6.45) is 1.27. The summed E-state index contributed by atoms with van der Waals surface area (Å²) in [5, 5.41) is 0. The van der Waals surface area contributed by atoms with Crippen LogP contribution in [0.1, 0.15) is 30.9 Å². The maximum absolute atomic E-state index is 5.84. The van der Waals surface area contributed by atoms with Crippen LogP contribution in [0.2, 0.25) is 0 Å². The number of nitrogens with two attached hydrogens (primary N) is 1. The van der Waals surface area contributed by atoms with Crippen molar-refractivity contribution in [2.75, 3.05) is 19.6 Å². The Balaban J connectivity index is 2.10. The zero-order valence-corrected chi connectivity index (χ0v) is 9.57. The van der Waals surface area contributed by atoms with Gasteiger partial charge >= 0.3 is 0 Å². The third-order valence-electron chi connectivity index (χ3n) is 3.21. The van der Waals surface area contributed by atoms with Gasteiger partial charge in [0.25, 0.3) is 0 Å². The van der Waals surface area contributed by atoms with Crippen molar-refractivity contribution in [1.82, 2.24) is 4.90 Å². The van der Waals surface area contributed by atoms with E-state index in [1.54, 1.807) is 0 Å². The van der Waals surface area contributed by atoms with Gasteiger partial charge in [-0.25, -0.2) is 0 Å². The molecule has 84 valence electrons. The zero-order chi connectivity index (χ0) is 10.8. The Kier molecular flexibility index (Phi) is 3.12. The van der Waals surface area contributed by atoms with Gasteiger partial charge in [0.2, 0.25) is 0 Å². The van der Waals surface area contributed by atoms with Crippen LogP contribution in [-0.4, -0.2) is 24.5 Å². The van der Waals surface area contributed by atoms with Gasteiger partial charge in [0.1, 0.15) is 11.5 Å². The number of aryl methyl sites for hydroxylation is 1. The largest absolute Gasteiger partial charge is 0.465 e. The van der Waals surface area contributed by atoms with Crippen LogP contribution >= 0.6 is 0 Å². The summed E-state index contributed by atoms with van der Waals surface area (Å²) in [5.41, 5.74) is 5.84. The number of rotatable bonds is 3. The van der Waals surface area contributed by atoms with Crippen molar-refractivity contribution in [1.29, 1.82) is 0 Å². The van der Waals surface area contributed by atoms with Gasteiger partial charge in [0, 0.05) is 13.1 Å². The van der Waals surface area contributed by atoms with Crippen LogP contribution < -0.4 is 5.73 Å². The quantitative estimate of drug-likeness (QED) is 0.825. The van der Waals surface area contributed by atoms with Crippen LogP contribution in [0.5, 0.6) is 0 Å². The smallest absolute Gasteiger partial charge is 0.122 e. The normalized spacial score (nSPS) is 24.6. The minimum atomic E-state index is 0.267. The van der Waals surface area contributed by atoms with Crippen molar-refractivity contribution in [3.05, 3.63) is 23.7 Å². The first kappa shape index (κ1) is 10.7. The van der Waals surface area contributed by atoms with E-state index in [1.807, 2.05) is 13.0 Å². The van der Waals surface area contributed by atoms with Gasteiger partial charge in [-0.2, -0.15) is 0 Å². The van der Waals surface area contributed by atoms with Crippen LogP contribution in [-0.2, 0) is 0 Å². The van der Waals surface area contributed by atoms with Crippen LogP contribution in [0.25, 0.3) is 0 Å². The summed E-state index contributed by atoms with van der Waals surface area (Å²) in [4.78, 5) is 2.43. The second kappa shape index (κ2) is 4.37. The number of furan rings is 1. The van der Waals surface area contributed by atoms with Crippen molar-refractivity contribution < 1.29 is 4.42 Å². The molecule has 2 atom stereocenters. The fourth-order valence-corrected chi connectivity index (χ4v) is 2.33. The van der Waals surface area contributed by atoms with Gasteiger partial charge in [-0.15, -0.1) is 0 Å². The van der Waals surface area contributed by atoms with E-state index < -0.39 is 0 Å². The molecule has 0 aliphatic carbocycles. The molecule has 0 amide bonds. The minimum absolute atomic E-state index is 0.267. The highest BCUT2D eigenvalue weighted by Crippen LogP contribution is 2.27. The van der Waals surface area contributed by atoms with Gasteiger partial charge < -0.3 is 10.2 Å². The molecular formula is C12H20N2O. The van der Waals surface area contributed by atoms with Gasteiger partial charge in [0.05, 0.1) is 6.04 Å². The van der Waals surface area contributed by atoms with Crippen molar-refractivity contribution >= 4 is 0 Å². The standard InChI is InChI=1S/C12H20N2O/c1-9-5-6-14(8-9)11(7-13)12-4-3-10(2)15-12/h3-4,9,11H,5-8,13H2,1-2H3. The van der Waals surface area contributed by atoms with Gasteiger partial charge in [-0.1, -0.05) is 6.92 Å². The number of hydrogen-bond donors (Lipinski definition) is 1. The highest BCUT2D eigenvalue weighted by molar-refractivity contribution is 5.10. The van der Waals surface area contributed by atoms with Crippen molar-refractivity contribution in [3.8, 4) is 0 Å². The molecule has 0 radical (unpaired) electrons. The maximum Gasteiger partial charge on any atom is 0.122 e. The molecule has 2 heterocycles. The average Bonchev–Trinajstić information content (AvgIpc) is 2.78. The molecule has 0 bridgehead atoms. The third-order valence-corrected chi connectivity index (χ3v) is 3.21. The molecule has 1 aromatic heterocycles. The minimum Gasteiger partial charge on any atom is -0.465 e. The van der Waals surface area contributed by atoms with E-state index >= 15 is 0 Å². The summed E-state index contributed by atoms with van der Waals surface area (Å²) in [6, 6.07) is 4.33. The Morgan fingerprint density at radius 3 is 2.87 bits per heavy atom. The first-order valence-electron chi connectivity index (χ1n) is 5.71. The highest BCUT2D eigenvalue weighted by atomic mass is 16.3. The van der Waals surface area contributed by atoms with E-state index in [0.717, 1.165) is 30.5 Å². The Morgan fingerprint density at radius 2 is 2.40 bits per heavy atom. The maximum atomic E-state index is 5.84. The molecule has 1 aromatic rings. The summed E-state index contributed by atoms with van der Waals surface area (Å²) < 4.78 is 5.66. The fraction of sp³-hybridized carbons (Fsp3) is 0.667. The van der Waals surface area contributed by atoms with E-state index in [0.29, 0.717) is 6.54 Å². The van der Waals surface area contributed by atoms with Crippen LogP contribution in [0.4, 0.5) is 0 Å². The lowest BCUT2D eigenvalue weighted by molar-refractivity contribution is 0.213. The first-order chi connectivity index (χ1) is 7.20. The monoisotopic (exact) mass is 208 g/mol. The lowest BCUT2D eigenvalue weighted by Gasteiger charge is -2.24. The van der Waals surface area contributed by atoms with Crippen LogP contribution in [0.3, 0.4) is 0 Å². The number of likely N-dealkylation sites (tertiary alicyclic amines) is 1. The van der Waals surface area contributed by atoms with Gasteiger partial charge in [-0.05, 0) is 37.9 Å². The van der Waals surface area contributed by atoms with Crippen molar-refractivity contribution in [2.45, 2.75) is 26.3 Å². The Hall–Kier alpha value is -0.800. The molecule has 15 heavy (non-hydrogen) atoms. The highest BCUT2D eigenvalue weighted by Gasteiger charge is 2.27. The zero-order valence-electron chi connectivity index (χ0n) is 9.57. The molecule has 2 rings (SSSR count). The fourth-order valence-electron chi connectivity index (χ4n) is 2.33. The van der Waals surface area contributed by atoms with E-state index in [9.17, 15) is 0 Å². The topological polar surface area (TPSA) is 42.4 Å². The average molecular weight is 208 g/mol. The second-order valence-electron chi connectivity index (χ2n) is 4.59. The SMILES string of the molecule is Cc1ccc(C(CN)N2CCC(C)C2)o1. The van der Waals surface area contributed by atoms with E-state index in [1.165, 1.54) is 6.42 Å². The van der Waals surface area contributed by atoms with E-state index in [2.05, 4.69) is 17.9 Å². The molecule has 0 aromatic carbocycles. The van der Waals surface area contributed by atoms with Crippen molar-refractivity contribution in [2.24, 2.45) is 11.7 Å². The summed E-state index contributed by atoms with van der Waals surface area (Å²) >= 11 is 0. The molecule has 3 nitrogen and oxygen atoms in total. The third kappa shape index (κ3) is 2.24. The summed E-state index contributed by atoms with van der Waals surface area (Å²) in [7, 11) is 0. The number of nitrogens with zero attached hydrogens (tertiary/aromatic N) is 1. The predicted octanol–water partition coefficient (Wildman–Crippen LogP) is 1.93. The molecule has 3 heteroatoms. The molecule has 2 N–H and O–H groups in total. The Morgan fingerprint density at radius 1 is 1.60 bits per heavy atom. The van der Waals surface area contributed by atoms with Crippen molar-refractivity contribution in [3.63, 3.8) is 0 Å². The summed E-state index contributed by atoms with van der Waals surface area (Å²) in [6.45, 7) is 7.19. The first-order valence-corrected chi connectivity index (χ1v) is 5.71. The molecule has 1 saturated heterocycles. The number of hydrogen-bond acceptors (Lipinski definition) is 3. The molecule has 1 aliphatic rings. The second-order valence-corrected chi connectivity index (χ2v) is 4.59. The van der Waals surface area contributed by atoms with Gasteiger partial charge in [0.15, 0.2) is 0 Å². The molecule has 1 fully saturated rings. The van der Waals surface area contributed by atoms with Crippen LogP contribution in [0, 0.1) is 12.8 Å². The molecular weight excluding hydrogens is 188 g/mol. The Labute approximate surface area is 91.2 Å². The van der Waals surface area contributed by atoms with E-state index in [-0.39, 0.29) is 6.04 Å². The van der Waals surface area contributed by atoms with Gasteiger partial charge in [-0.3, -0.25) is 4.90 Å². The molecule has 2 unspecified atom stereocenters. The predicted molar refractivity (Wildman–Crippen MR) is 60.6 cm³/mol.